The van der Waals surface area contributed by atoms with E-state index < -0.39 is 0 Å². The van der Waals surface area contributed by atoms with E-state index in [4.69, 9.17) is 5.73 Å². The molecule has 3 saturated heterocycles. The minimum Gasteiger partial charge on any atom is -0.369 e. The maximum absolute atomic E-state index is 13.1. The molecule has 0 saturated carbocycles. The quantitative estimate of drug-likeness (QED) is 0.762. The van der Waals surface area contributed by atoms with Crippen LogP contribution in [0.15, 0.2) is 24.3 Å². The fourth-order valence-electron chi connectivity index (χ4n) is 5.09. The second-order valence-electron chi connectivity index (χ2n) is 9.34. The zero-order valence-corrected chi connectivity index (χ0v) is 18.7. The molecule has 8 nitrogen and oxygen atoms in total. The molecule has 3 heterocycles. The van der Waals surface area contributed by atoms with E-state index in [2.05, 4.69) is 0 Å². The number of primary amides is 1. The van der Waals surface area contributed by atoms with E-state index in [1.165, 1.54) is 0 Å². The highest BCUT2D eigenvalue weighted by molar-refractivity contribution is 6.00. The number of hydrogen-bond acceptors (Lipinski definition) is 4. The molecule has 0 aromatic heterocycles. The van der Waals surface area contributed by atoms with Crippen LogP contribution in [0.1, 0.15) is 37.7 Å². The molecule has 8 heteroatoms. The largest absolute Gasteiger partial charge is 0.369 e. The van der Waals surface area contributed by atoms with Gasteiger partial charge in [-0.05, 0) is 44.7 Å². The van der Waals surface area contributed by atoms with Crippen LogP contribution >= 0.6 is 0 Å². The Hall–Kier alpha value is -2.90. The van der Waals surface area contributed by atoms with E-state index in [-0.39, 0.29) is 47.8 Å². The summed E-state index contributed by atoms with van der Waals surface area (Å²) in [6.45, 7) is 4.65. The van der Waals surface area contributed by atoms with Crippen molar-refractivity contribution in [3.63, 3.8) is 0 Å². The summed E-state index contributed by atoms with van der Waals surface area (Å²) in [5.74, 6) is -0.705. The first kappa shape index (κ1) is 22.3. The van der Waals surface area contributed by atoms with Gasteiger partial charge in [0.15, 0.2) is 0 Å². The summed E-state index contributed by atoms with van der Waals surface area (Å²) < 4.78 is 0. The Balaban J connectivity index is 1.27. The van der Waals surface area contributed by atoms with Gasteiger partial charge in [0.1, 0.15) is 0 Å². The van der Waals surface area contributed by atoms with Crippen LogP contribution in [-0.2, 0) is 19.2 Å². The van der Waals surface area contributed by atoms with Crippen molar-refractivity contribution in [3.8, 4) is 0 Å². The van der Waals surface area contributed by atoms with Crippen molar-refractivity contribution >= 4 is 29.3 Å². The van der Waals surface area contributed by atoms with E-state index in [0.717, 1.165) is 11.3 Å². The van der Waals surface area contributed by atoms with Gasteiger partial charge in [-0.25, -0.2) is 0 Å². The third-order valence-corrected chi connectivity index (χ3v) is 7.18. The van der Waals surface area contributed by atoms with Gasteiger partial charge in [0, 0.05) is 56.7 Å². The normalized spacial score (nSPS) is 23.0. The van der Waals surface area contributed by atoms with Crippen LogP contribution < -0.4 is 10.6 Å². The number of anilines is 1. The third kappa shape index (κ3) is 4.64. The summed E-state index contributed by atoms with van der Waals surface area (Å²) >= 11 is 0. The Bertz CT molecular complexity index is 884. The van der Waals surface area contributed by atoms with Gasteiger partial charge >= 0.3 is 0 Å². The van der Waals surface area contributed by atoms with Gasteiger partial charge in [-0.2, -0.15) is 0 Å². The van der Waals surface area contributed by atoms with Crippen molar-refractivity contribution in [2.75, 3.05) is 37.6 Å². The molecule has 2 N–H and O–H groups in total. The number of hydrogen-bond donors (Lipinski definition) is 1. The molecular formula is C24H32N4O4. The molecule has 0 bridgehead atoms. The number of likely N-dealkylation sites (tertiary alicyclic amines) is 2. The average molecular weight is 441 g/mol. The number of rotatable bonds is 4. The molecule has 172 valence electrons. The topological polar surface area (TPSA) is 104 Å². The lowest BCUT2D eigenvalue weighted by molar-refractivity contribution is -0.143. The number of carbonyl (C=O) groups is 4. The highest BCUT2D eigenvalue weighted by Gasteiger charge is 2.39. The van der Waals surface area contributed by atoms with Crippen molar-refractivity contribution in [2.24, 2.45) is 23.5 Å². The molecule has 1 aromatic rings. The lowest BCUT2D eigenvalue weighted by Gasteiger charge is -2.37. The number of amides is 4. The molecule has 3 aliphatic heterocycles. The molecule has 1 aromatic carbocycles. The maximum atomic E-state index is 13.1. The third-order valence-electron chi connectivity index (χ3n) is 7.18. The Morgan fingerprint density at radius 3 is 1.84 bits per heavy atom. The fraction of sp³-hybridized carbons (Fsp3) is 0.583. The Morgan fingerprint density at radius 1 is 0.812 bits per heavy atom. The number of benzene rings is 1. The first-order chi connectivity index (χ1) is 15.3. The molecule has 0 aliphatic carbocycles. The summed E-state index contributed by atoms with van der Waals surface area (Å²) in [6.07, 6.45) is 2.78. The standard InChI is InChI=1S/C24H32N4O4/c1-16-2-4-20(5-3-16)28-15-19(14-21(28)29)24(32)27-12-8-18(9-13-27)23(31)26-10-6-17(7-11-26)22(25)30/h2-5,17-19H,6-15H2,1H3,(H2,25,30)/t19-/m0/s1. The average Bonchev–Trinajstić information content (AvgIpc) is 3.20. The second kappa shape index (κ2) is 9.30. The number of aryl methyl sites for hydroxylation is 1. The zero-order valence-electron chi connectivity index (χ0n) is 18.7. The minimum absolute atomic E-state index is 0.0149. The molecule has 4 rings (SSSR count). The van der Waals surface area contributed by atoms with Crippen LogP contribution in [0.25, 0.3) is 0 Å². The predicted octanol–water partition coefficient (Wildman–Crippen LogP) is 1.31. The summed E-state index contributed by atoms with van der Waals surface area (Å²) in [4.78, 5) is 55.2. The molecule has 3 aliphatic rings. The van der Waals surface area contributed by atoms with Crippen LogP contribution in [0.2, 0.25) is 0 Å². The summed E-state index contributed by atoms with van der Waals surface area (Å²) in [5.41, 5.74) is 7.34. The SMILES string of the molecule is Cc1ccc(N2C[C@@H](C(=O)N3CCC(C(=O)N4CCC(C(N)=O)CC4)CC3)CC2=O)cc1. The van der Waals surface area contributed by atoms with Gasteiger partial charge in [-0.15, -0.1) is 0 Å². The van der Waals surface area contributed by atoms with Crippen LogP contribution in [0.5, 0.6) is 0 Å². The Kier molecular flexibility index (Phi) is 6.48. The number of nitrogens with zero attached hydrogens (tertiary/aromatic N) is 3. The first-order valence-corrected chi connectivity index (χ1v) is 11.6. The lowest BCUT2D eigenvalue weighted by atomic mass is 9.91. The van der Waals surface area contributed by atoms with Gasteiger partial charge in [0.25, 0.3) is 0 Å². The molecule has 3 fully saturated rings. The van der Waals surface area contributed by atoms with E-state index in [9.17, 15) is 19.2 Å². The van der Waals surface area contributed by atoms with Gasteiger partial charge in [-0.1, -0.05) is 17.7 Å². The van der Waals surface area contributed by atoms with E-state index in [1.54, 1.807) is 4.90 Å². The van der Waals surface area contributed by atoms with Gasteiger partial charge in [0.2, 0.25) is 23.6 Å². The Morgan fingerprint density at radius 2 is 1.31 bits per heavy atom. The maximum Gasteiger partial charge on any atom is 0.228 e. The number of carbonyl (C=O) groups excluding carboxylic acids is 4. The Labute approximate surface area is 188 Å². The second-order valence-corrected chi connectivity index (χ2v) is 9.34. The lowest BCUT2D eigenvalue weighted by Crippen LogP contribution is -2.48. The summed E-state index contributed by atoms with van der Waals surface area (Å²) in [5, 5.41) is 0. The molecular weight excluding hydrogens is 408 g/mol. The minimum atomic E-state index is -0.330. The van der Waals surface area contributed by atoms with Crippen molar-refractivity contribution in [1.82, 2.24) is 9.80 Å². The highest BCUT2D eigenvalue weighted by atomic mass is 16.2. The summed E-state index contributed by atoms with van der Waals surface area (Å²) in [7, 11) is 0. The van der Waals surface area contributed by atoms with Crippen LogP contribution in [0, 0.1) is 24.7 Å². The van der Waals surface area contributed by atoms with Gasteiger partial charge in [0.05, 0.1) is 5.92 Å². The van der Waals surface area contributed by atoms with Crippen molar-refractivity contribution < 1.29 is 19.2 Å². The predicted molar refractivity (Wildman–Crippen MR) is 119 cm³/mol. The van der Waals surface area contributed by atoms with Crippen LogP contribution in [0.4, 0.5) is 5.69 Å². The summed E-state index contributed by atoms with van der Waals surface area (Å²) in [6, 6.07) is 7.78. The molecule has 0 unspecified atom stereocenters. The monoisotopic (exact) mass is 440 g/mol. The van der Waals surface area contributed by atoms with E-state index in [1.807, 2.05) is 41.0 Å². The molecule has 4 amide bonds. The van der Waals surface area contributed by atoms with Gasteiger partial charge < -0.3 is 20.4 Å². The number of nitrogens with two attached hydrogens (primary N) is 1. The first-order valence-electron chi connectivity index (χ1n) is 11.6. The van der Waals surface area contributed by atoms with Crippen LogP contribution in [-0.4, -0.2) is 66.2 Å². The molecule has 32 heavy (non-hydrogen) atoms. The zero-order chi connectivity index (χ0) is 22.8. The smallest absolute Gasteiger partial charge is 0.228 e. The van der Waals surface area contributed by atoms with E-state index >= 15 is 0 Å². The van der Waals surface area contributed by atoms with Crippen molar-refractivity contribution in [3.05, 3.63) is 29.8 Å². The fourth-order valence-corrected chi connectivity index (χ4v) is 5.09. The molecule has 1 atom stereocenters. The highest BCUT2D eigenvalue weighted by Crippen LogP contribution is 2.29. The van der Waals surface area contributed by atoms with Crippen molar-refractivity contribution in [2.45, 2.75) is 39.0 Å². The van der Waals surface area contributed by atoms with E-state index in [0.29, 0.717) is 58.4 Å². The van der Waals surface area contributed by atoms with Gasteiger partial charge in [-0.3, -0.25) is 19.2 Å². The van der Waals surface area contributed by atoms with Crippen molar-refractivity contribution in [1.29, 1.82) is 0 Å². The molecule has 0 spiro atoms. The van der Waals surface area contributed by atoms with Crippen LogP contribution in [0.3, 0.4) is 0 Å². The molecule has 0 radical (unpaired) electrons. The number of piperidine rings is 2.